The van der Waals surface area contributed by atoms with E-state index in [-0.39, 0.29) is 4.90 Å². The first-order valence-electron chi connectivity index (χ1n) is 3.67. The average Bonchev–Trinajstić information content (AvgIpc) is 2.47. The SMILES string of the molecule is NS(=O)(=O)c1ccc2c[nH]cc2c1. The van der Waals surface area contributed by atoms with Crippen LogP contribution in [-0.2, 0) is 10.0 Å². The van der Waals surface area contributed by atoms with Crippen molar-refractivity contribution in [2.45, 2.75) is 4.90 Å². The van der Waals surface area contributed by atoms with Crippen LogP contribution in [0.5, 0.6) is 0 Å². The van der Waals surface area contributed by atoms with Crippen LogP contribution in [0.1, 0.15) is 0 Å². The highest BCUT2D eigenvalue weighted by molar-refractivity contribution is 7.89. The van der Waals surface area contributed by atoms with Gasteiger partial charge >= 0.3 is 0 Å². The molecule has 13 heavy (non-hydrogen) atoms. The van der Waals surface area contributed by atoms with Crippen LogP contribution < -0.4 is 5.14 Å². The molecule has 0 aliphatic carbocycles. The van der Waals surface area contributed by atoms with E-state index in [9.17, 15) is 8.42 Å². The summed E-state index contributed by atoms with van der Waals surface area (Å²) in [5.41, 5.74) is 0. The summed E-state index contributed by atoms with van der Waals surface area (Å²) in [5, 5.41) is 6.78. The minimum absolute atomic E-state index is 0.139. The summed E-state index contributed by atoms with van der Waals surface area (Å²) in [6, 6.07) is 4.75. The van der Waals surface area contributed by atoms with E-state index in [1.165, 1.54) is 6.07 Å². The van der Waals surface area contributed by atoms with Crippen LogP contribution in [0, 0.1) is 0 Å². The summed E-state index contributed by atoms with van der Waals surface area (Å²) in [7, 11) is -3.59. The largest absolute Gasteiger partial charge is 0.366 e. The third kappa shape index (κ3) is 1.43. The maximum atomic E-state index is 11.0. The minimum Gasteiger partial charge on any atom is -0.366 e. The molecule has 0 aliphatic rings. The zero-order chi connectivity index (χ0) is 9.47. The predicted octanol–water partition coefficient (Wildman–Crippen LogP) is 0.815. The number of hydrogen-bond donors (Lipinski definition) is 2. The molecule has 0 saturated carbocycles. The number of rotatable bonds is 1. The number of aromatic amines is 1. The number of aromatic nitrogens is 1. The highest BCUT2D eigenvalue weighted by atomic mass is 32.2. The molecule has 0 bridgehead atoms. The van der Waals surface area contributed by atoms with E-state index in [1.807, 2.05) is 0 Å². The van der Waals surface area contributed by atoms with E-state index in [1.54, 1.807) is 24.5 Å². The molecule has 0 radical (unpaired) electrons. The molecule has 0 amide bonds. The van der Waals surface area contributed by atoms with Crippen LogP contribution in [0.4, 0.5) is 0 Å². The van der Waals surface area contributed by atoms with Crippen LogP contribution in [0.2, 0.25) is 0 Å². The molecule has 1 heterocycles. The van der Waals surface area contributed by atoms with Crippen LogP contribution in [-0.4, -0.2) is 13.4 Å². The molecule has 1 aromatic carbocycles. The van der Waals surface area contributed by atoms with Crippen molar-refractivity contribution in [3.63, 3.8) is 0 Å². The molecular formula is C8H8N2O2S. The van der Waals surface area contributed by atoms with Crippen molar-refractivity contribution in [1.82, 2.24) is 4.98 Å². The summed E-state index contributed by atoms with van der Waals surface area (Å²) >= 11 is 0. The average molecular weight is 196 g/mol. The first kappa shape index (κ1) is 8.28. The summed E-state index contributed by atoms with van der Waals surface area (Å²) in [5.74, 6) is 0. The lowest BCUT2D eigenvalue weighted by atomic mass is 10.2. The van der Waals surface area contributed by atoms with E-state index in [0.717, 1.165) is 10.8 Å². The molecule has 0 unspecified atom stereocenters. The van der Waals surface area contributed by atoms with E-state index >= 15 is 0 Å². The molecule has 0 saturated heterocycles. The number of nitrogens with two attached hydrogens (primary N) is 1. The molecule has 68 valence electrons. The number of benzene rings is 1. The summed E-state index contributed by atoms with van der Waals surface area (Å²) < 4.78 is 21.9. The van der Waals surface area contributed by atoms with Gasteiger partial charge in [-0.3, -0.25) is 0 Å². The lowest BCUT2D eigenvalue weighted by molar-refractivity contribution is 0.598. The molecular weight excluding hydrogens is 188 g/mol. The van der Waals surface area contributed by atoms with Crippen molar-refractivity contribution in [1.29, 1.82) is 0 Å². The number of H-pyrrole nitrogens is 1. The monoisotopic (exact) mass is 196 g/mol. The van der Waals surface area contributed by atoms with Crippen molar-refractivity contribution in [3.05, 3.63) is 30.6 Å². The Morgan fingerprint density at radius 3 is 2.54 bits per heavy atom. The Hall–Kier alpha value is -1.33. The molecule has 2 rings (SSSR count). The fourth-order valence-corrected chi connectivity index (χ4v) is 1.76. The lowest BCUT2D eigenvalue weighted by Crippen LogP contribution is -2.11. The predicted molar refractivity (Wildman–Crippen MR) is 49.7 cm³/mol. The first-order valence-corrected chi connectivity index (χ1v) is 5.21. The fourth-order valence-electron chi connectivity index (χ4n) is 1.21. The molecule has 1 aromatic heterocycles. The number of hydrogen-bond acceptors (Lipinski definition) is 2. The molecule has 3 N–H and O–H groups in total. The van der Waals surface area contributed by atoms with E-state index in [4.69, 9.17) is 5.14 Å². The Kier molecular flexibility index (Phi) is 1.64. The van der Waals surface area contributed by atoms with Crippen molar-refractivity contribution in [2.75, 3.05) is 0 Å². The fraction of sp³-hybridized carbons (Fsp3) is 0. The van der Waals surface area contributed by atoms with Crippen molar-refractivity contribution in [2.24, 2.45) is 5.14 Å². The summed E-state index contributed by atoms with van der Waals surface area (Å²) in [6.45, 7) is 0. The third-order valence-electron chi connectivity index (χ3n) is 1.86. The number of sulfonamides is 1. The van der Waals surface area contributed by atoms with Crippen molar-refractivity contribution in [3.8, 4) is 0 Å². The van der Waals surface area contributed by atoms with Gasteiger partial charge in [-0.2, -0.15) is 0 Å². The van der Waals surface area contributed by atoms with Crippen molar-refractivity contribution < 1.29 is 8.42 Å². The van der Waals surface area contributed by atoms with Gasteiger partial charge in [0.1, 0.15) is 0 Å². The van der Waals surface area contributed by atoms with E-state index < -0.39 is 10.0 Å². The second kappa shape index (κ2) is 2.58. The maximum Gasteiger partial charge on any atom is 0.238 e. The highest BCUT2D eigenvalue weighted by Gasteiger charge is 2.07. The topological polar surface area (TPSA) is 76.0 Å². The minimum atomic E-state index is -3.59. The molecule has 0 aliphatic heterocycles. The van der Waals surface area contributed by atoms with Gasteiger partial charge in [0, 0.05) is 17.8 Å². The summed E-state index contributed by atoms with van der Waals surface area (Å²) in [4.78, 5) is 3.02. The van der Waals surface area contributed by atoms with Crippen LogP contribution in [0.25, 0.3) is 10.8 Å². The molecule has 0 spiro atoms. The van der Waals surface area contributed by atoms with Gasteiger partial charge in [0.15, 0.2) is 0 Å². The van der Waals surface area contributed by atoms with Crippen LogP contribution in [0.15, 0.2) is 35.5 Å². The Balaban J connectivity index is 2.75. The van der Waals surface area contributed by atoms with Crippen molar-refractivity contribution >= 4 is 20.8 Å². The van der Waals surface area contributed by atoms with E-state index in [0.29, 0.717) is 0 Å². The number of primary sulfonamides is 1. The molecule has 2 aromatic rings. The van der Waals surface area contributed by atoms with Gasteiger partial charge < -0.3 is 4.98 Å². The smallest absolute Gasteiger partial charge is 0.238 e. The van der Waals surface area contributed by atoms with Gasteiger partial charge in [0.2, 0.25) is 10.0 Å². The Bertz CT molecular complexity index is 542. The van der Waals surface area contributed by atoms with Crippen LogP contribution >= 0.6 is 0 Å². The quantitative estimate of drug-likeness (QED) is 0.708. The Labute approximate surface area is 75.4 Å². The van der Waals surface area contributed by atoms with Gasteiger partial charge in [0.25, 0.3) is 0 Å². The maximum absolute atomic E-state index is 11.0. The Morgan fingerprint density at radius 1 is 1.15 bits per heavy atom. The van der Waals surface area contributed by atoms with Gasteiger partial charge in [-0.1, -0.05) is 6.07 Å². The molecule has 4 nitrogen and oxygen atoms in total. The zero-order valence-electron chi connectivity index (χ0n) is 6.69. The standard InChI is InChI=1S/C8H8N2O2S/c9-13(11,12)8-2-1-6-4-10-5-7(6)3-8/h1-5,10H,(H2,9,11,12). The molecule has 0 atom stereocenters. The van der Waals surface area contributed by atoms with Crippen LogP contribution in [0.3, 0.4) is 0 Å². The molecule has 0 fully saturated rings. The first-order chi connectivity index (χ1) is 6.07. The summed E-state index contributed by atoms with van der Waals surface area (Å²) in [6.07, 6.45) is 3.52. The van der Waals surface area contributed by atoms with Gasteiger partial charge in [-0.05, 0) is 17.5 Å². The highest BCUT2D eigenvalue weighted by Crippen LogP contribution is 2.17. The van der Waals surface area contributed by atoms with Gasteiger partial charge in [-0.25, -0.2) is 13.6 Å². The van der Waals surface area contributed by atoms with E-state index in [2.05, 4.69) is 4.98 Å². The third-order valence-corrected chi connectivity index (χ3v) is 2.78. The molecule has 5 heteroatoms. The Morgan fingerprint density at radius 2 is 1.85 bits per heavy atom. The van der Waals surface area contributed by atoms with Gasteiger partial charge in [-0.15, -0.1) is 0 Å². The normalized spacial score (nSPS) is 12.1. The second-order valence-corrected chi connectivity index (χ2v) is 4.35. The zero-order valence-corrected chi connectivity index (χ0v) is 7.51. The lowest BCUT2D eigenvalue weighted by Gasteiger charge is -1.96. The second-order valence-electron chi connectivity index (χ2n) is 2.79. The number of fused-ring (bicyclic) bond motifs is 1. The number of nitrogens with one attached hydrogen (secondary N) is 1. The van der Waals surface area contributed by atoms with Gasteiger partial charge in [0.05, 0.1) is 4.90 Å².